The van der Waals surface area contributed by atoms with Gasteiger partial charge in [-0.3, -0.25) is 9.36 Å². The third-order valence-corrected chi connectivity index (χ3v) is 11.2. The van der Waals surface area contributed by atoms with E-state index in [1.807, 2.05) is 21.1 Å². The van der Waals surface area contributed by atoms with Crippen molar-refractivity contribution in [3.05, 3.63) is 60.8 Å². The molecule has 0 bridgehead atoms. The molecule has 0 aromatic carbocycles. The number of allylic oxidation sites excluding steroid dienone is 10. The lowest BCUT2D eigenvalue weighted by Gasteiger charge is -2.30. The lowest BCUT2D eigenvalue weighted by Crippen LogP contribution is -2.46. The van der Waals surface area contributed by atoms with Crippen molar-refractivity contribution in [1.29, 1.82) is 0 Å². The van der Waals surface area contributed by atoms with Gasteiger partial charge in [0.1, 0.15) is 13.2 Å². The standard InChI is InChI=1S/C49H91N2O6P/c1-6-8-10-12-14-16-18-19-20-21-22-23-24-25-26-27-28-29-30-31-33-35-37-39-41-43-49(53)50-47(46-57-58(54,55)56-45-44-51(3,4)5)48(52)42-40-38-36-34-32-17-15-13-11-9-7-2/h8,10,14,16,19-20,22-23,25-26,47-48,52H,6-7,9,11-13,15,17-18,21,24,27-46H2,1-5H3,(H-,50,53,54,55)/b10-8-,16-14-,20-19-,23-22-,26-25-. The van der Waals surface area contributed by atoms with Crippen LogP contribution in [0.4, 0.5) is 0 Å². The Morgan fingerprint density at radius 1 is 0.621 bits per heavy atom. The fourth-order valence-electron chi connectivity index (χ4n) is 6.54. The first-order chi connectivity index (χ1) is 28.0. The Labute approximate surface area is 358 Å². The van der Waals surface area contributed by atoms with Gasteiger partial charge in [-0.2, -0.15) is 0 Å². The van der Waals surface area contributed by atoms with E-state index < -0.39 is 20.0 Å². The number of carbonyl (C=O) groups excluding carboxylic acids is 1. The molecule has 0 radical (unpaired) electrons. The summed E-state index contributed by atoms with van der Waals surface area (Å²) in [7, 11) is 1.29. The molecule has 0 aliphatic heterocycles. The summed E-state index contributed by atoms with van der Waals surface area (Å²) in [6, 6.07) is -0.805. The second-order valence-corrected chi connectivity index (χ2v) is 18.5. The molecular formula is C49H91N2O6P. The van der Waals surface area contributed by atoms with Gasteiger partial charge >= 0.3 is 0 Å². The third-order valence-electron chi connectivity index (χ3n) is 10.3. The highest BCUT2D eigenvalue weighted by Gasteiger charge is 2.24. The van der Waals surface area contributed by atoms with E-state index in [1.165, 1.54) is 89.9 Å². The van der Waals surface area contributed by atoms with Gasteiger partial charge in [0, 0.05) is 6.42 Å². The minimum absolute atomic E-state index is 0.00834. The van der Waals surface area contributed by atoms with Gasteiger partial charge < -0.3 is 28.8 Å². The zero-order chi connectivity index (χ0) is 42.8. The number of hydrogen-bond donors (Lipinski definition) is 2. The molecule has 0 aliphatic rings. The summed E-state index contributed by atoms with van der Waals surface area (Å²) >= 11 is 0. The molecule has 8 nitrogen and oxygen atoms in total. The van der Waals surface area contributed by atoms with Crippen LogP contribution in [0, 0.1) is 0 Å². The second-order valence-electron chi connectivity index (χ2n) is 17.1. The van der Waals surface area contributed by atoms with Gasteiger partial charge in [0.25, 0.3) is 7.82 Å². The van der Waals surface area contributed by atoms with Gasteiger partial charge in [0.15, 0.2) is 0 Å². The fraction of sp³-hybridized carbons (Fsp3) is 0.776. The van der Waals surface area contributed by atoms with Crippen LogP contribution in [0.1, 0.15) is 194 Å². The number of likely N-dealkylation sites (N-methyl/N-ethyl adjacent to an activating group) is 1. The van der Waals surface area contributed by atoms with E-state index in [9.17, 15) is 19.4 Å². The summed E-state index contributed by atoms with van der Waals surface area (Å²) in [4.78, 5) is 25.3. The van der Waals surface area contributed by atoms with Crippen LogP contribution >= 0.6 is 7.82 Å². The first-order valence-corrected chi connectivity index (χ1v) is 25.1. The van der Waals surface area contributed by atoms with E-state index >= 15 is 0 Å². The van der Waals surface area contributed by atoms with E-state index in [1.54, 1.807) is 0 Å². The fourth-order valence-corrected chi connectivity index (χ4v) is 7.26. The number of phosphoric acid groups is 1. The molecule has 0 rings (SSSR count). The molecule has 3 unspecified atom stereocenters. The number of aliphatic hydroxyl groups is 1. The highest BCUT2D eigenvalue weighted by molar-refractivity contribution is 7.45. The lowest BCUT2D eigenvalue weighted by molar-refractivity contribution is -0.870. The summed E-state index contributed by atoms with van der Waals surface area (Å²) in [5, 5.41) is 13.9. The van der Waals surface area contributed by atoms with Crippen LogP contribution in [0.25, 0.3) is 0 Å². The van der Waals surface area contributed by atoms with Crippen molar-refractivity contribution in [1.82, 2.24) is 5.32 Å². The number of hydrogen-bond acceptors (Lipinski definition) is 6. The number of unbranched alkanes of at least 4 members (excludes halogenated alkanes) is 19. The Balaban J connectivity index is 4.23. The quantitative estimate of drug-likeness (QED) is 0.0274. The molecule has 0 saturated carbocycles. The van der Waals surface area contributed by atoms with Crippen LogP contribution in [0.5, 0.6) is 0 Å². The summed E-state index contributed by atoms with van der Waals surface area (Å²) in [6.45, 7) is 4.58. The Morgan fingerprint density at radius 2 is 1.05 bits per heavy atom. The minimum atomic E-state index is -4.57. The van der Waals surface area contributed by atoms with Gasteiger partial charge in [-0.15, -0.1) is 0 Å². The van der Waals surface area contributed by atoms with Gasteiger partial charge in [0.2, 0.25) is 5.91 Å². The number of nitrogens with zero attached hydrogens (tertiary/aromatic N) is 1. The van der Waals surface area contributed by atoms with Crippen LogP contribution < -0.4 is 10.2 Å². The molecule has 3 atom stereocenters. The lowest BCUT2D eigenvalue weighted by atomic mass is 10.0. The molecular weight excluding hydrogens is 744 g/mol. The minimum Gasteiger partial charge on any atom is -0.756 e. The van der Waals surface area contributed by atoms with Crippen molar-refractivity contribution >= 4 is 13.7 Å². The predicted octanol–water partition coefficient (Wildman–Crippen LogP) is 12.8. The topological polar surface area (TPSA) is 108 Å². The maximum Gasteiger partial charge on any atom is 0.268 e. The molecule has 1 amide bonds. The summed E-state index contributed by atoms with van der Waals surface area (Å²) in [5.74, 6) is -0.175. The van der Waals surface area contributed by atoms with E-state index in [4.69, 9.17) is 9.05 Å². The molecule has 0 spiro atoms. The largest absolute Gasteiger partial charge is 0.756 e. The first kappa shape index (κ1) is 56.2. The number of quaternary nitrogens is 1. The smallest absolute Gasteiger partial charge is 0.268 e. The average molecular weight is 835 g/mol. The molecule has 2 N–H and O–H groups in total. The van der Waals surface area contributed by atoms with E-state index in [0.29, 0.717) is 23.9 Å². The SMILES string of the molecule is CC/C=C\C/C=C\C/C=C\C/C=C\C/C=C\CCCCCCCCCCCC(=O)NC(COP(=O)([O-])OCC[N+](C)(C)C)C(O)CCCCCCCCCCCCC. The maximum absolute atomic E-state index is 12.9. The molecule has 0 aliphatic carbocycles. The van der Waals surface area contributed by atoms with Gasteiger partial charge in [-0.05, 0) is 57.8 Å². The zero-order valence-corrected chi connectivity index (χ0v) is 39.1. The van der Waals surface area contributed by atoms with Crippen molar-refractivity contribution in [3.63, 3.8) is 0 Å². The zero-order valence-electron chi connectivity index (χ0n) is 38.2. The summed E-state index contributed by atoms with van der Waals surface area (Å²) < 4.78 is 23.3. The van der Waals surface area contributed by atoms with E-state index in [0.717, 1.165) is 77.0 Å². The van der Waals surface area contributed by atoms with Crippen molar-refractivity contribution in [2.75, 3.05) is 40.9 Å². The summed E-state index contributed by atoms with van der Waals surface area (Å²) in [6.07, 6.45) is 52.3. The second kappa shape index (κ2) is 40.6. The maximum atomic E-state index is 12.9. The van der Waals surface area contributed by atoms with E-state index in [2.05, 4.69) is 79.9 Å². The number of nitrogens with one attached hydrogen (secondary N) is 1. The number of rotatable bonds is 42. The molecule has 9 heteroatoms. The molecule has 0 aromatic heterocycles. The van der Waals surface area contributed by atoms with Gasteiger partial charge in [-0.1, -0.05) is 190 Å². The predicted molar refractivity (Wildman–Crippen MR) is 247 cm³/mol. The Kier molecular flexibility index (Phi) is 39.3. The van der Waals surface area contributed by atoms with Crippen molar-refractivity contribution in [2.45, 2.75) is 206 Å². The van der Waals surface area contributed by atoms with Crippen LogP contribution in [0.15, 0.2) is 60.8 Å². The normalized spacial score (nSPS) is 14.8. The number of amides is 1. The molecule has 0 aromatic rings. The summed E-state index contributed by atoms with van der Waals surface area (Å²) in [5.41, 5.74) is 0. The average Bonchev–Trinajstić information content (AvgIpc) is 3.17. The Hall–Kier alpha value is -1.80. The third kappa shape index (κ3) is 42.3. The molecule has 58 heavy (non-hydrogen) atoms. The van der Waals surface area contributed by atoms with Crippen LogP contribution in [-0.4, -0.2) is 68.5 Å². The first-order valence-electron chi connectivity index (χ1n) is 23.6. The highest BCUT2D eigenvalue weighted by atomic mass is 31.2. The molecule has 338 valence electrons. The molecule has 0 saturated heterocycles. The molecule has 0 fully saturated rings. The molecule has 0 heterocycles. The van der Waals surface area contributed by atoms with Crippen molar-refractivity contribution in [2.24, 2.45) is 0 Å². The highest BCUT2D eigenvalue weighted by Crippen LogP contribution is 2.38. The number of carbonyl (C=O) groups is 1. The number of phosphoric ester groups is 1. The van der Waals surface area contributed by atoms with E-state index in [-0.39, 0.29) is 19.1 Å². The van der Waals surface area contributed by atoms with Crippen LogP contribution in [-0.2, 0) is 18.4 Å². The van der Waals surface area contributed by atoms with Gasteiger partial charge in [-0.25, -0.2) is 0 Å². The van der Waals surface area contributed by atoms with Crippen molar-refractivity contribution < 1.29 is 32.9 Å². The Bertz CT molecular complexity index is 1130. The van der Waals surface area contributed by atoms with Crippen LogP contribution in [0.2, 0.25) is 0 Å². The monoisotopic (exact) mass is 835 g/mol. The number of aliphatic hydroxyl groups excluding tert-OH is 1. The Morgan fingerprint density at radius 3 is 1.53 bits per heavy atom. The van der Waals surface area contributed by atoms with Crippen molar-refractivity contribution in [3.8, 4) is 0 Å². The van der Waals surface area contributed by atoms with Crippen LogP contribution in [0.3, 0.4) is 0 Å². The van der Waals surface area contributed by atoms with Gasteiger partial charge in [0.05, 0.1) is 39.9 Å².